The summed E-state index contributed by atoms with van der Waals surface area (Å²) in [7, 11) is 2.66. The second kappa shape index (κ2) is 8.01. The van der Waals surface area contributed by atoms with Gasteiger partial charge in [0.1, 0.15) is 5.56 Å². The van der Waals surface area contributed by atoms with Crippen LogP contribution in [0.25, 0.3) is 10.9 Å². The number of nitro groups is 1. The summed E-state index contributed by atoms with van der Waals surface area (Å²) in [6, 6.07) is 9.43. The summed E-state index contributed by atoms with van der Waals surface area (Å²) in [5.74, 6) is -1.23. The highest BCUT2D eigenvalue weighted by molar-refractivity contribution is 6.10. The van der Waals surface area contributed by atoms with Gasteiger partial charge >= 0.3 is 5.97 Å². The van der Waals surface area contributed by atoms with Crippen molar-refractivity contribution >= 4 is 28.3 Å². The van der Waals surface area contributed by atoms with Gasteiger partial charge < -0.3 is 19.2 Å². The fraction of sp³-hybridized carbons (Fsp3) is 0.200. The molecule has 9 nitrogen and oxygen atoms in total. The standard InChI is InChI=1S/C20H18N2O7/c1-11(19(23)14-10-21-15-7-5-4-6-12(14)15)29-20(24)13-8-17(27-2)18(28-3)9-16(13)22(25)26/h4-11,21H,1-3H3/t11-/m1/s1. The van der Waals surface area contributed by atoms with Crippen molar-refractivity contribution < 1.29 is 28.7 Å². The summed E-state index contributed by atoms with van der Waals surface area (Å²) in [6.07, 6.45) is 0.380. The minimum absolute atomic E-state index is 0.0960. The molecule has 29 heavy (non-hydrogen) atoms. The van der Waals surface area contributed by atoms with E-state index in [2.05, 4.69) is 4.98 Å². The summed E-state index contributed by atoms with van der Waals surface area (Å²) in [5, 5.41) is 12.1. The lowest BCUT2D eigenvalue weighted by atomic mass is 10.1. The van der Waals surface area contributed by atoms with E-state index < -0.39 is 28.5 Å². The van der Waals surface area contributed by atoms with Gasteiger partial charge in [-0.3, -0.25) is 14.9 Å². The number of nitrogens with zero attached hydrogens (tertiary/aromatic N) is 1. The maximum Gasteiger partial charge on any atom is 0.346 e. The number of methoxy groups -OCH3 is 2. The van der Waals surface area contributed by atoms with Crippen LogP contribution in [-0.2, 0) is 4.74 Å². The SMILES string of the molecule is COc1cc(C(=O)O[C@H](C)C(=O)c2c[nH]c3ccccc23)c([N+](=O)[O-])cc1OC. The second-order valence-corrected chi connectivity index (χ2v) is 6.14. The predicted molar refractivity (Wildman–Crippen MR) is 104 cm³/mol. The van der Waals surface area contributed by atoms with Crippen molar-refractivity contribution in [2.24, 2.45) is 0 Å². The molecule has 0 aliphatic heterocycles. The summed E-state index contributed by atoms with van der Waals surface area (Å²) in [4.78, 5) is 39.0. The smallest absolute Gasteiger partial charge is 0.346 e. The third-order valence-corrected chi connectivity index (χ3v) is 4.43. The van der Waals surface area contributed by atoms with Crippen molar-refractivity contribution in [1.82, 2.24) is 4.98 Å². The molecule has 3 aromatic rings. The number of fused-ring (bicyclic) bond motifs is 1. The van der Waals surface area contributed by atoms with Crippen molar-refractivity contribution in [3.63, 3.8) is 0 Å². The highest BCUT2D eigenvalue weighted by Crippen LogP contribution is 2.35. The molecule has 1 N–H and O–H groups in total. The first kappa shape index (κ1) is 19.9. The van der Waals surface area contributed by atoms with E-state index in [1.807, 2.05) is 12.1 Å². The van der Waals surface area contributed by atoms with Crippen molar-refractivity contribution in [2.45, 2.75) is 13.0 Å². The molecule has 0 radical (unpaired) electrons. The molecule has 1 aromatic heterocycles. The van der Waals surface area contributed by atoms with Gasteiger partial charge in [-0.1, -0.05) is 18.2 Å². The Hall–Kier alpha value is -3.88. The minimum Gasteiger partial charge on any atom is -0.493 e. The van der Waals surface area contributed by atoms with E-state index in [4.69, 9.17) is 14.2 Å². The number of carbonyl (C=O) groups is 2. The van der Waals surface area contributed by atoms with Gasteiger partial charge in [-0.25, -0.2) is 4.79 Å². The Morgan fingerprint density at radius 3 is 2.38 bits per heavy atom. The summed E-state index contributed by atoms with van der Waals surface area (Å²) in [5.41, 5.74) is 0.276. The second-order valence-electron chi connectivity index (χ2n) is 6.14. The van der Waals surface area contributed by atoms with Crippen LogP contribution in [0, 0.1) is 10.1 Å². The Morgan fingerprint density at radius 1 is 1.07 bits per heavy atom. The van der Waals surface area contributed by atoms with Crippen molar-refractivity contribution in [1.29, 1.82) is 0 Å². The van der Waals surface area contributed by atoms with E-state index >= 15 is 0 Å². The number of para-hydroxylation sites is 1. The number of nitro benzene ring substituents is 1. The van der Waals surface area contributed by atoms with Crippen molar-refractivity contribution in [3.05, 3.63) is 63.8 Å². The number of aromatic amines is 1. The minimum atomic E-state index is -1.16. The normalized spacial score (nSPS) is 11.7. The zero-order valence-corrected chi connectivity index (χ0v) is 15.9. The lowest BCUT2D eigenvalue weighted by Crippen LogP contribution is -2.24. The molecule has 1 heterocycles. The first-order valence-electron chi connectivity index (χ1n) is 8.59. The van der Waals surface area contributed by atoms with Crippen LogP contribution >= 0.6 is 0 Å². The fourth-order valence-corrected chi connectivity index (χ4v) is 2.95. The molecule has 9 heteroatoms. The van der Waals surface area contributed by atoms with Crippen LogP contribution in [0.5, 0.6) is 11.5 Å². The number of hydrogen-bond acceptors (Lipinski definition) is 7. The van der Waals surface area contributed by atoms with E-state index in [1.54, 1.807) is 12.1 Å². The Morgan fingerprint density at radius 2 is 1.72 bits per heavy atom. The number of carbonyl (C=O) groups excluding carboxylic acids is 2. The van der Waals surface area contributed by atoms with Crippen molar-refractivity contribution in [2.75, 3.05) is 14.2 Å². The third kappa shape index (κ3) is 3.75. The molecule has 0 fully saturated rings. The molecule has 150 valence electrons. The Labute approximate surface area is 165 Å². The van der Waals surface area contributed by atoms with Gasteiger partial charge in [0.25, 0.3) is 5.69 Å². The molecule has 0 saturated heterocycles. The average Bonchev–Trinajstić information content (AvgIpc) is 3.15. The van der Waals surface area contributed by atoms with Crippen LogP contribution in [0.4, 0.5) is 5.69 Å². The molecule has 0 unspecified atom stereocenters. The van der Waals surface area contributed by atoms with Crippen molar-refractivity contribution in [3.8, 4) is 11.5 Å². The van der Waals surface area contributed by atoms with Crippen LogP contribution < -0.4 is 9.47 Å². The van der Waals surface area contributed by atoms with Gasteiger partial charge in [0.05, 0.1) is 25.2 Å². The fourth-order valence-electron chi connectivity index (χ4n) is 2.95. The number of ether oxygens (including phenoxy) is 3. The summed E-state index contributed by atoms with van der Waals surface area (Å²) < 4.78 is 15.4. The molecule has 2 aromatic carbocycles. The highest BCUT2D eigenvalue weighted by atomic mass is 16.6. The molecule has 0 saturated carbocycles. The van der Waals surface area contributed by atoms with E-state index in [0.29, 0.717) is 10.9 Å². The molecular formula is C20H18N2O7. The van der Waals surface area contributed by atoms with Gasteiger partial charge in [-0.15, -0.1) is 0 Å². The molecule has 1 atom stereocenters. The average molecular weight is 398 g/mol. The maximum atomic E-state index is 12.8. The maximum absolute atomic E-state index is 12.8. The van der Waals surface area contributed by atoms with Crippen LogP contribution in [0.15, 0.2) is 42.6 Å². The van der Waals surface area contributed by atoms with E-state index in [0.717, 1.165) is 17.6 Å². The zero-order valence-electron chi connectivity index (χ0n) is 15.9. The van der Waals surface area contributed by atoms with Crippen LogP contribution in [0.3, 0.4) is 0 Å². The van der Waals surface area contributed by atoms with Gasteiger partial charge in [-0.2, -0.15) is 0 Å². The van der Waals surface area contributed by atoms with E-state index in [1.165, 1.54) is 27.3 Å². The van der Waals surface area contributed by atoms with E-state index in [9.17, 15) is 19.7 Å². The van der Waals surface area contributed by atoms with Crippen LogP contribution in [-0.4, -0.2) is 42.0 Å². The largest absolute Gasteiger partial charge is 0.493 e. The van der Waals surface area contributed by atoms with Gasteiger partial charge in [0.2, 0.25) is 5.78 Å². The van der Waals surface area contributed by atoms with E-state index in [-0.39, 0.29) is 17.1 Å². The van der Waals surface area contributed by atoms with Gasteiger partial charge in [0.15, 0.2) is 17.6 Å². The monoisotopic (exact) mass is 398 g/mol. The highest BCUT2D eigenvalue weighted by Gasteiger charge is 2.29. The van der Waals surface area contributed by atoms with Crippen LogP contribution in [0.1, 0.15) is 27.6 Å². The van der Waals surface area contributed by atoms with Crippen LogP contribution in [0.2, 0.25) is 0 Å². The number of esters is 1. The molecule has 3 rings (SSSR count). The number of hydrogen-bond donors (Lipinski definition) is 1. The predicted octanol–water partition coefficient (Wildman–Crippen LogP) is 3.52. The number of Topliss-reactive ketones (excluding diaryl/α,β-unsaturated/α-hetero) is 1. The number of H-pyrrole nitrogens is 1. The molecule has 0 aliphatic carbocycles. The number of benzene rings is 2. The summed E-state index contributed by atoms with van der Waals surface area (Å²) in [6.45, 7) is 1.41. The number of rotatable bonds is 7. The molecule has 0 bridgehead atoms. The van der Waals surface area contributed by atoms with Gasteiger partial charge in [-0.05, 0) is 13.0 Å². The Kier molecular flexibility index (Phi) is 5.49. The number of ketones is 1. The first-order chi connectivity index (χ1) is 13.9. The number of aromatic nitrogens is 1. The molecule has 0 aliphatic rings. The zero-order chi connectivity index (χ0) is 21.1. The third-order valence-electron chi connectivity index (χ3n) is 4.43. The Balaban J connectivity index is 1.89. The van der Waals surface area contributed by atoms with Gasteiger partial charge in [0, 0.05) is 28.7 Å². The lowest BCUT2D eigenvalue weighted by Gasteiger charge is -2.14. The summed E-state index contributed by atoms with van der Waals surface area (Å²) >= 11 is 0. The molecule has 0 amide bonds. The lowest BCUT2D eigenvalue weighted by molar-refractivity contribution is -0.385. The first-order valence-corrected chi connectivity index (χ1v) is 8.59. The molecule has 0 spiro atoms. The topological polar surface area (TPSA) is 121 Å². The number of nitrogens with one attached hydrogen (secondary N) is 1. The molecular weight excluding hydrogens is 380 g/mol. The quantitative estimate of drug-likeness (QED) is 0.280. The Bertz CT molecular complexity index is 1100.